The van der Waals surface area contributed by atoms with Crippen LogP contribution in [0.4, 0.5) is 10.1 Å². The highest BCUT2D eigenvalue weighted by atomic mass is 19.1. The first-order chi connectivity index (χ1) is 14.1. The molecule has 2 aromatic rings. The number of hydrogen-bond acceptors (Lipinski definition) is 5. The number of carbonyl (C=O) groups excluding carboxylic acids is 2. The van der Waals surface area contributed by atoms with E-state index in [1.54, 1.807) is 0 Å². The fourth-order valence-corrected chi connectivity index (χ4v) is 5.36. The van der Waals surface area contributed by atoms with Gasteiger partial charge < -0.3 is 14.4 Å². The SMILES string of the molecule is O=C1[C@@H]2OC[C@H](O2)[C@@H]2[C@@H]1[C@@H]1C=Cc3ccccc3N1[C@@H]2C(=O)c1ccc(F)cc1. The summed E-state index contributed by atoms with van der Waals surface area (Å²) in [6, 6.07) is 12.6. The molecule has 5 nitrogen and oxygen atoms in total. The van der Waals surface area contributed by atoms with Crippen LogP contribution in [0.25, 0.3) is 6.08 Å². The van der Waals surface area contributed by atoms with Crippen LogP contribution >= 0.6 is 0 Å². The Morgan fingerprint density at radius 2 is 1.90 bits per heavy atom. The zero-order valence-electron chi connectivity index (χ0n) is 15.4. The van der Waals surface area contributed by atoms with Crippen molar-refractivity contribution in [2.24, 2.45) is 11.8 Å². The fourth-order valence-electron chi connectivity index (χ4n) is 5.36. The van der Waals surface area contributed by atoms with Crippen molar-refractivity contribution in [2.75, 3.05) is 11.5 Å². The zero-order chi connectivity index (χ0) is 19.7. The van der Waals surface area contributed by atoms with Crippen LogP contribution in [-0.4, -0.2) is 42.7 Å². The minimum Gasteiger partial charge on any atom is -0.353 e. The molecule has 0 unspecified atom stereocenters. The minimum absolute atomic E-state index is 0.0998. The molecule has 6 heteroatoms. The second-order valence-corrected chi connectivity index (χ2v) is 7.98. The van der Waals surface area contributed by atoms with Gasteiger partial charge in [-0.15, -0.1) is 0 Å². The van der Waals surface area contributed by atoms with Crippen molar-refractivity contribution in [3.63, 3.8) is 0 Å². The molecule has 4 heterocycles. The lowest BCUT2D eigenvalue weighted by molar-refractivity contribution is -0.163. The summed E-state index contributed by atoms with van der Waals surface area (Å²) in [6.45, 7) is 0.302. The first kappa shape index (κ1) is 17.1. The molecular weight excluding hydrogens is 373 g/mol. The molecule has 2 aromatic carbocycles. The third-order valence-corrected chi connectivity index (χ3v) is 6.55. The summed E-state index contributed by atoms with van der Waals surface area (Å²) in [5, 5.41) is 0. The number of nitrogens with zero attached hydrogens (tertiary/aromatic N) is 1. The number of benzene rings is 2. The lowest BCUT2D eigenvalue weighted by Crippen LogP contribution is -2.48. The van der Waals surface area contributed by atoms with Gasteiger partial charge in [0, 0.05) is 17.2 Å². The predicted molar refractivity (Wildman–Crippen MR) is 103 cm³/mol. The number of rotatable bonds is 2. The molecule has 4 aliphatic heterocycles. The Balaban J connectivity index is 1.52. The maximum Gasteiger partial charge on any atom is 0.218 e. The highest BCUT2D eigenvalue weighted by Crippen LogP contribution is 2.50. The fraction of sp³-hybridized carbons (Fsp3) is 0.304. The number of anilines is 1. The van der Waals surface area contributed by atoms with E-state index in [1.807, 2.05) is 36.4 Å². The Morgan fingerprint density at radius 3 is 2.72 bits per heavy atom. The summed E-state index contributed by atoms with van der Waals surface area (Å²) in [4.78, 5) is 28.8. The van der Waals surface area contributed by atoms with Crippen molar-refractivity contribution in [1.29, 1.82) is 0 Å². The van der Waals surface area contributed by atoms with E-state index in [0.29, 0.717) is 12.2 Å². The molecule has 2 bridgehead atoms. The van der Waals surface area contributed by atoms with Gasteiger partial charge in [-0.25, -0.2) is 4.39 Å². The van der Waals surface area contributed by atoms with Crippen molar-refractivity contribution in [3.8, 4) is 0 Å². The molecule has 0 amide bonds. The van der Waals surface area contributed by atoms with E-state index < -0.39 is 18.1 Å². The van der Waals surface area contributed by atoms with Crippen LogP contribution in [0.1, 0.15) is 15.9 Å². The minimum atomic E-state index is -0.839. The molecular formula is C23H18FNO4. The van der Waals surface area contributed by atoms with Crippen LogP contribution in [0.3, 0.4) is 0 Å². The quantitative estimate of drug-likeness (QED) is 0.737. The Kier molecular flexibility index (Phi) is 3.58. The molecule has 0 aliphatic carbocycles. The number of fused-ring (bicyclic) bond motifs is 8. The molecule has 6 rings (SSSR count). The molecule has 6 atom stereocenters. The summed E-state index contributed by atoms with van der Waals surface area (Å²) < 4.78 is 24.8. The number of ketones is 2. The van der Waals surface area contributed by atoms with Crippen molar-refractivity contribution in [2.45, 2.75) is 24.5 Å². The van der Waals surface area contributed by atoms with Crippen LogP contribution in [0.2, 0.25) is 0 Å². The number of hydrogen-bond donors (Lipinski definition) is 0. The zero-order valence-corrected chi connectivity index (χ0v) is 15.4. The lowest BCUT2D eigenvalue weighted by Gasteiger charge is -2.35. The van der Waals surface area contributed by atoms with Gasteiger partial charge in [0.25, 0.3) is 0 Å². The van der Waals surface area contributed by atoms with E-state index in [4.69, 9.17) is 9.47 Å². The van der Waals surface area contributed by atoms with Gasteiger partial charge in [0.1, 0.15) is 5.82 Å². The molecule has 0 radical (unpaired) electrons. The van der Waals surface area contributed by atoms with Crippen LogP contribution in [-0.2, 0) is 14.3 Å². The predicted octanol–water partition coefficient (Wildman–Crippen LogP) is 2.85. The van der Waals surface area contributed by atoms with Crippen molar-refractivity contribution in [3.05, 3.63) is 71.6 Å². The van der Waals surface area contributed by atoms with Gasteiger partial charge in [-0.05, 0) is 35.9 Å². The van der Waals surface area contributed by atoms with Gasteiger partial charge >= 0.3 is 0 Å². The summed E-state index contributed by atoms with van der Waals surface area (Å²) >= 11 is 0. The van der Waals surface area contributed by atoms with Gasteiger partial charge in [0.15, 0.2) is 11.6 Å². The molecule has 0 saturated carbocycles. The van der Waals surface area contributed by atoms with Gasteiger partial charge in [0.05, 0.1) is 30.7 Å². The highest BCUT2D eigenvalue weighted by Gasteiger charge is 2.63. The average Bonchev–Trinajstić information content (AvgIpc) is 3.33. The smallest absolute Gasteiger partial charge is 0.218 e. The molecule has 3 saturated heterocycles. The van der Waals surface area contributed by atoms with Crippen molar-refractivity contribution < 1.29 is 23.5 Å². The standard InChI is InChI=1S/C23H18FNO4/c24-14-8-5-13(6-9-14)21(26)20-19-17-11-28-23(29-17)22(27)18(19)16-10-7-12-3-1-2-4-15(12)25(16)20/h1-10,16-20,23H,11H2/t16-,17-,18-,19+,20-,23+/m0/s1. The number of carbonyl (C=O) groups is 2. The van der Waals surface area contributed by atoms with Gasteiger partial charge in [-0.3, -0.25) is 9.59 Å². The molecule has 146 valence electrons. The first-order valence-corrected chi connectivity index (χ1v) is 9.79. The molecule has 29 heavy (non-hydrogen) atoms. The Hall–Kier alpha value is -2.83. The van der Waals surface area contributed by atoms with Crippen LogP contribution < -0.4 is 4.90 Å². The summed E-state index contributed by atoms with van der Waals surface area (Å²) in [7, 11) is 0. The van der Waals surface area contributed by atoms with Gasteiger partial charge in [-0.2, -0.15) is 0 Å². The van der Waals surface area contributed by atoms with E-state index in [0.717, 1.165) is 11.3 Å². The van der Waals surface area contributed by atoms with Crippen LogP contribution in [0.5, 0.6) is 0 Å². The summed E-state index contributed by atoms with van der Waals surface area (Å²) in [5.41, 5.74) is 2.37. The Bertz CT molecular complexity index is 1050. The lowest BCUT2D eigenvalue weighted by atomic mass is 9.77. The molecule has 3 fully saturated rings. The number of halogens is 1. The Morgan fingerprint density at radius 1 is 1.10 bits per heavy atom. The number of ether oxygens (including phenoxy) is 2. The molecule has 0 aromatic heterocycles. The van der Waals surface area contributed by atoms with Gasteiger partial charge in [-0.1, -0.05) is 30.4 Å². The van der Waals surface area contributed by atoms with Crippen LogP contribution in [0, 0.1) is 17.7 Å². The van der Waals surface area contributed by atoms with E-state index in [9.17, 15) is 14.0 Å². The number of para-hydroxylation sites is 1. The first-order valence-electron chi connectivity index (χ1n) is 9.79. The van der Waals surface area contributed by atoms with Gasteiger partial charge in [0.2, 0.25) is 6.29 Å². The van der Waals surface area contributed by atoms with E-state index in [2.05, 4.69) is 4.90 Å². The van der Waals surface area contributed by atoms with Crippen LogP contribution in [0.15, 0.2) is 54.6 Å². The topological polar surface area (TPSA) is 55.8 Å². The molecule has 0 N–H and O–H groups in total. The monoisotopic (exact) mass is 391 g/mol. The second-order valence-electron chi connectivity index (χ2n) is 7.98. The third kappa shape index (κ3) is 2.33. The summed E-state index contributed by atoms with van der Waals surface area (Å²) in [6.07, 6.45) is 2.88. The third-order valence-electron chi connectivity index (χ3n) is 6.55. The normalized spacial score (nSPS) is 34.0. The number of Topliss-reactive ketones (excluding diaryl/α,β-unsaturated/α-hetero) is 2. The maximum absolute atomic E-state index is 13.7. The highest BCUT2D eigenvalue weighted by molar-refractivity contribution is 6.05. The average molecular weight is 391 g/mol. The summed E-state index contributed by atoms with van der Waals surface area (Å²) in [5.74, 6) is -1.32. The van der Waals surface area contributed by atoms with E-state index in [1.165, 1.54) is 24.3 Å². The van der Waals surface area contributed by atoms with Crippen molar-refractivity contribution >= 4 is 23.3 Å². The Labute approximate surface area is 166 Å². The second kappa shape index (κ2) is 6.08. The largest absolute Gasteiger partial charge is 0.353 e. The maximum atomic E-state index is 13.7. The molecule has 4 aliphatic rings. The van der Waals surface area contributed by atoms with E-state index in [-0.39, 0.29) is 35.5 Å². The van der Waals surface area contributed by atoms with E-state index >= 15 is 0 Å². The van der Waals surface area contributed by atoms with Crippen molar-refractivity contribution in [1.82, 2.24) is 0 Å². The molecule has 0 spiro atoms.